The van der Waals surface area contributed by atoms with Crippen molar-refractivity contribution in [1.29, 1.82) is 0 Å². The summed E-state index contributed by atoms with van der Waals surface area (Å²) >= 11 is 0. The number of fused-ring (bicyclic) bond motifs is 1. The number of aliphatic hydroxyl groups is 1. The predicted molar refractivity (Wildman–Crippen MR) is 83.5 cm³/mol. The molecule has 0 aliphatic heterocycles. The van der Waals surface area contributed by atoms with Gasteiger partial charge >= 0.3 is 0 Å². The zero-order valence-corrected chi connectivity index (χ0v) is 12.1. The zero-order valence-electron chi connectivity index (χ0n) is 12.1. The third kappa shape index (κ3) is 2.48. The minimum atomic E-state index is -0.765. The number of hydrogen-bond donors (Lipinski definition) is 1. The van der Waals surface area contributed by atoms with Crippen LogP contribution in [0.5, 0.6) is 5.75 Å². The Morgan fingerprint density at radius 3 is 2.67 bits per heavy atom. The summed E-state index contributed by atoms with van der Waals surface area (Å²) in [5, 5.41) is 11.8. The van der Waals surface area contributed by atoms with Crippen molar-refractivity contribution in [3.63, 3.8) is 0 Å². The molecule has 0 spiro atoms. The normalized spacial score (nSPS) is 12.3. The molecule has 1 unspecified atom stereocenters. The number of para-hydroxylation sites is 1. The van der Waals surface area contributed by atoms with E-state index >= 15 is 0 Å². The van der Waals surface area contributed by atoms with Crippen molar-refractivity contribution in [3.8, 4) is 5.75 Å². The van der Waals surface area contributed by atoms with Gasteiger partial charge in [0.2, 0.25) is 0 Å². The summed E-state index contributed by atoms with van der Waals surface area (Å²) < 4.78 is 5.40. The number of benzene rings is 2. The molecule has 3 rings (SSSR count). The van der Waals surface area contributed by atoms with Crippen LogP contribution < -0.4 is 4.74 Å². The summed E-state index contributed by atoms with van der Waals surface area (Å²) in [6, 6.07) is 15.5. The molecule has 1 N–H and O–H groups in total. The number of ether oxygens (including phenoxy) is 1. The number of rotatable bonds is 3. The highest BCUT2D eigenvalue weighted by Gasteiger charge is 2.18. The topological polar surface area (TPSA) is 42.4 Å². The minimum Gasteiger partial charge on any atom is -0.496 e. The second-order valence-corrected chi connectivity index (χ2v) is 5.07. The molecule has 3 heteroatoms. The van der Waals surface area contributed by atoms with Crippen molar-refractivity contribution >= 4 is 10.9 Å². The summed E-state index contributed by atoms with van der Waals surface area (Å²) in [6.45, 7) is 2.00. The lowest BCUT2D eigenvalue weighted by Crippen LogP contribution is -2.04. The molecule has 0 saturated carbocycles. The molecule has 0 radical (unpaired) electrons. The van der Waals surface area contributed by atoms with Crippen LogP contribution in [-0.2, 0) is 0 Å². The first-order valence-corrected chi connectivity index (χ1v) is 6.87. The van der Waals surface area contributed by atoms with Crippen LogP contribution in [-0.4, -0.2) is 17.2 Å². The van der Waals surface area contributed by atoms with Gasteiger partial charge in [0.1, 0.15) is 11.9 Å². The highest BCUT2D eigenvalue weighted by Crippen LogP contribution is 2.33. The lowest BCUT2D eigenvalue weighted by atomic mass is 9.97. The summed E-state index contributed by atoms with van der Waals surface area (Å²) in [5.74, 6) is 0.690. The molecule has 0 fully saturated rings. The maximum absolute atomic E-state index is 10.8. The first kappa shape index (κ1) is 13.6. The maximum atomic E-state index is 10.8. The molecule has 0 aliphatic carbocycles. The lowest BCUT2D eigenvalue weighted by molar-refractivity contribution is 0.216. The molecule has 1 aromatic heterocycles. The van der Waals surface area contributed by atoms with E-state index in [1.165, 1.54) is 0 Å². The van der Waals surface area contributed by atoms with E-state index in [1.54, 1.807) is 13.3 Å². The average Bonchev–Trinajstić information content (AvgIpc) is 2.53. The number of nitrogens with zero attached hydrogens (tertiary/aromatic N) is 1. The predicted octanol–water partition coefficient (Wildman–Crippen LogP) is 3.63. The van der Waals surface area contributed by atoms with Gasteiger partial charge in [-0.2, -0.15) is 0 Å². The molecule has 3 nitrogen and oxygen atoms in total. The van der Waals surface area contributed by atoms with Crippen molar-refractivity contribution < 1.29 is 9.84 Å². The molecule has 21 heavy (non-hydrogen) atoms. The molecule has 2 aromatic carbocycles. The fourth-order valence-corrected chi connectivity index (χ4v) is 2.56. The monoisotopic (exact) mass is 279 g/mol. The van der Waals surface area contributed by atoms with E-state index in [2.05, 4.69) is 4.98 Å². The van der Waals surface area contributed by atoms with Crippen molar-refractivity contribution in [2.75, 3.05) is 7.11 Å². The van der Waals surface area contributed by atoms with Crippen LogP contribution in [0.1, 0.15) is 22.8 Å². The second-order valence-electron chi connectivity index (χ2n) is 5.07. The Balaban J connectivity index is 2.15. The van der Waals surface area contributed by atoms with Gasteiger partial charge in [-0.3, -0.25) is 4.98 Å². The molecule has 0 aliphatic rings. The number of aliphatic hydroxyl groups excluding tert-OH is 1. The molecule has 0 bridgehead atoms. The Morgan fingerprint density at radius 1 is 1.05 bits per heavy atom. The van der Waals surface area contributed by atoms with Crippen molar-refractivity contribution in [3.05, 3.63) is 71.4 Å². The van der Waals surface area contributed by atoms with Crippen LogP contribution in [0.2, 0.25) is 0 Å². The van der Waals surface area contributed by atoms with Gasteiger partial charge in [0.25, 0.3) is 0 Å². The van der Waals surface area contributed by atoms with E-state index < -0.39 is 6.10 Å². The largest absolute Gasteiger partial charge is 0.496 e. The van der Waals surface area contributed by atoms with E-state index in [4.69, 9.17) is 4.74 Å². The summed E-state index contributed by atoms with van der Waals surface area (Å²) in [5.41, 5.74) is 3.45. The minimum absolute atomic E-state index is 0.690. The van der Waals surface area contributed by atoms with Gasteiger partial charge in [0.05, 0.1) is 12.6 Å². The third-order valence-electron chi connectivity index (χ3n) is 3.64. The Morgan fingerprint density at radius 2 is 1.86 bits per heavy atom. The number of aryl methyl sites for hydroxylation is 1. The first-order chi connectivity index (χ1) is 10.2. The zero-order chi connectivity index (χ0) is 14.8. The molecule has 3 aromatic rings. The van der Waals surface area contributed by atoms with E-state index in [0.717, 1.165) is 27.6 Å². The number of aromatic nitrogens is 1. The van der Waals surface area contributed by atoms with Crippen LogP contribution in [0.4, 0.5) is 0 Å². The first-order valence-electron chi connectivity index (χ1n) is 6.87. The lowest BCUT2D eigenvalue weighted by Gasteiger charge is -2.17. The summed E-state index contributed by atoms with van der Waals surface area (Å²) in [4.78, 5) is 4.40. The quantitative estimate of drug-likeness (QED) is 0.796. The molecular formula is C18H17NO2. The van der Waals surface area contributed by atoms with Crippen LogP contribution in [0, 0.1) is 6.92 Å². The smallest absolute Gasteiger partial charge is 0.125 e. The van der Waals surface area contributed by atoms with Gasteiger partial charge in [0.15, 0.2) is 0 Å². The Labute approximate surface area is 123 Å². The van der Waals surface area contributed by atoms with E-state index in [0.29, 0.717) is 5.75 Å². The second kappa shape index (κ2) is 5.54. The van der Waals surface area contributed by atoms with Crippen LogP contribution in [0.25, 0.3) is 10.9 Å². The Bertz CT molecular complexity index is 778. The Hall–Kier alpha value is -2.39. The van der Waals surface area contributed by atoms with Gasteiger partial charge in [0, 0.05) is 22.7 Å². The number of pyridine rings is 1. The molecule has 106 valence electrons. The molecular weight excluding hydrogens is 262 g/mol. The fourth-order valence-electron chi connectivity index (χ4n) is 2.56. The molecule has 0 saturated heterocycles. The highest BCUT2D eigenvalue weighted by atomic mass is 16.5. The third-order valence-corrected chi connectivity index (χ3v) is 3.64. The average molecular weight is 279 g/mol. The standard InChI is InChI=1S/C18H17NO2/c1-12-8-9-14(16(11-12)21-2)18(20)15-7-3-5-13-6-4-10-19-17(13)15/h3-11,18,20H,1-2H3. The maximum Gasteiger partial charge on any atom is 0.125 e. The molecule has 1 atom stereocenters. The number of methoxy groups -OCH3 is 1. The van der Waals surface area contributed by atoms with Crippen molar-refractivity contribution in [2.24, 2.45) is 0 Å². The summed E-state index contributed by atoms with van der Waals surface area (Å²) in [7, 11) is 1.62. The van der Waals surface area contributed by atoms with Gasteiger partial charge in [-0.05, 0) is 24.6 Å². The van der Waals surface area contributed by atoms with Gasteiger partial charge in [-0.25, -0.2) is 0 Å². The van der Waals surface area contributed by atoms with Crippen LogP contribution in [0.3, 0.4) is 0 Å². The van der Waals surface area contributed by atoms with Crippen LogP contribution in [0.15, 0.2) is 54.7 Å². The molecule has 1 heterocycles. The fraction of sp³-hybridized carbons (Fsp3) is 0.167. The van der Waals surface area contributed by atoms with E-state index in [-0.39, 0.29) is 0 Å². The van der Waals surface area contributed by atoms with Gasteiger partial charge in [-0.1, -0.05) is 36.4 Å². The van der Waals surface area contributed by atoms with Gasteiger partial charge < -0.3 is 9.84 Å². The van der Waals surface area contributed by atoms with E-state index in [1.807, 2.05) is 55.5 Å². The Kier molecular flexibility index (Phi) is 3.59. The SMILES string of the molecule is COc1cc(C)ccc1C(O)c1cccc2cccnc12. The van der Waals surface area contributed by atoms with Crippen LogP contribution >= 0.6 is 0 Å². The molecule has 0 amide bonds. The highest BCUT2D eigenvalue weighted by molar-refractivity contribution is 5.82. The van der Waals surface area contributed by atoms with Gasteiger partial charge in [-0.15, -0.1) is 0 Å². The number of hydrogen-bond acceptors (Lipinski definition) is 3. The van der Waals surface area contributed by atoms with Crippen molar-refractivity contribution in [1.82, 2.24) is 4.98 Å². The van der Waals surface area contributed by atoms with E-state index in [9.17, 15) is 5.11 Å². The van der Waals surface area contributed by atoms with Crippen molar-refractivity contribution in [2.45, 2.75) is 13.0 Å². The summed E-state index contributed by atoms with van der Waals surface area (Å²) in [6.07, 6.45) is 0.976.